The Morgan fingerprint density at radius 2 is 1.67 bits per heavy atom. The fourth-order valence-electron chi connectivity index (χ4n) is 0.635. The first-order valence-corrected chi connectivity index (χ1v) is 3.02. The smallest absolute Gasteiger partial charge is 0.123 e. The minimum absolute atomic E-state index is 0.0972. The summed E-state index contributed by atoms with van der Waals surface area (Å²) in [7, 11) is 0. The van der Waals surface area contributed by atoms with Crippen LogP contribution in [0.2, 0.25) is 0 Å². The molecule has 0 aromatic heterocycles. The summed E-state index contributed by atoms with van der Waals surface area (Å²) in [5, 5.41) is 0. The van der Waals surface area contributed by atoms with Gasteiger partial charge in [0.1, 0.15) is 6.29 Å². The summed E-state index contributed by atoms with van der Waals surface area (Å²) in [5.74, 6) is 0.0972. The van der Waals surface area contributed by atoms with E-state index in [0.29, 0.717) is 0 Å². The number of hydrogen-bond acceptors (Lipinski definition) is 1. The lowest BCUT2D eigenvalue weighted by Gasteiger charge is -2.00. The zero-order chi connectivity index (χ0) is 7.11. The molecule has 0 amide bonds. The molecule has 0 saturated heterocycles. The quantitative estimate of drug-likeness (QED) is 0.404. The second-order valence-electron chi connectivity index (χ2n) is 1.94. The minimum Gasteiger partial charge on any atom is -0.303 e. The Morgan fingerprint density at radius 3 is 1.89 bits per heavy atom. The highest BCUT2D eigenvalue weighted by Gasteiger charge is 1.99. The molecule has 0 bridgehead atoms. The molecule has 50 valence electrons. The molecule has 0 radical (unpaired) electrons. The number of allylic oxidation sites excluding steroid dienone is 2. The molecule has 1 heteroatoms. The Labute approximate surface area is 56.1 Å². The summed E-state index contributed by atoms with van der Waals surface area (Å²) in [6.07, 6.45) is 5.97. The average molecular weight is 124 g/mol. The van der Waals surface area contributed by atoms with Gasteiger partial charge in [-0.25, -0.2) is 0 Å². The molecule has 0 aromatic rings. The lowest BCUT2D eigenvalue weighted by Crippen LogP contribution is -1.97. The van der Waals surface area contributed by atoms with Crippen molar-refractivity contribution in [2.45, 2.75) is 12.8 Å². The number of hydrogen-bond donors (Lipinski definition) is 0. The van der Waals surface area contributed by atoms with Gasteiger partial charge in [0, 0.05) is 5.92 Å². The second-order valence-corrected chi connectivity index (χ2v) is 1.94. The van der Waals surface area contributed by atoms with Gasteiger partial charge in [0.05, 0.1) is 0 Å². The number of rotatable bonds is 5. The van der Waals surface area contributed by atoms with E-state index in [1.54, 1.807) is 12.2 Å². The molecule has 0 aromatic carbocycles. The first kappa shape index (κ1) is 8.15. The van der Waals surface area contributed by atoms with Crippen LogP contribution in [0.15, 0.2) is 25.3 Å². The fraction of sp³-hybridized carbons (Fsp3) is 0.375. The van der Waals surface area contributed by atoms with E-state index in [1.807, 2.05) is 0 Å². The third-order valence-electron chi connectivity index (χ3n) is 1.13. The van der Waals surface area contributed by atoms with Crippen LogP contribution in [0.3, 0.4) is 0 Å². The van der Waals surface area contributed by atoms with Gasteiger partial charge in [-0.15, -0.1) is 13.2 Å². The summed E-state index contributed by atoms with van der Waals surface area (Å²) < 4.78 is 0. The first-order valence-electron chi connectivity index (χ1n) is 3.02. The highest BCUT2D eigenvalue weighted by atomic mass is 16.1. The lowest BCUT2D eigenvalue weighted by atomic mass is 10.0. The zero-order valence-corrected chi connectivity index (χ0v) is 5.55. The molecule has 0 fully saturated rings. The maximum Gasteiger partial charge on any atom is 0.123 e. The normalized spacial score (nSPS) is 9.00. The Balaban J connectivity index is 3.51. The van der Waals surface area contributed by atoms with E-state index in [1.165, 1.54) is 0 Å². The summed E-state index contributed by atoms with van der Waals surface area (Å²) >= 11 is 0. The molecule has 1 nitrogen and oxygen atoms in total. The molecule has 0 aliphatic heterocycles. The Kier molecular flexibility index (Phi) is 4.79. The summed E-state index contributed by atoms with van der Waals surface area (Å²) in [4.78, 5) is 10.2. The summed E-state index contributed by atoms with van der Waals surface area (Å²) in [6.45, 7) is 7.08. The van der Waals surface area contributed by atoms with Crippen molar-refractivity contribution in [1.29, 1.82) is 0 Å². The standard InChI is InChI=1S/C8H12O/c1-3-5-8(7-9)6-4-2/h3-4,7-8H,1-2,5-6H2. The Hall–Kier alpha value is -0.850. The van der Waals surface area contributed by atoms with Gasteiger partial charge in [-0.05, 0) is 12.8 Å². The van der Waals surface area contributed by atoms with Crippen LogP contribution in [0, 0.1) is 5.92 Å². The highest BCUT2D eigenvalue weighted by Crippen LogP contribution is 2.04. The first-order chi connectivity index (χ1) is 4.35. The van der Waals surface area contributed by atoms with Crippen molar-refractivity contribution in [3.8, 4) is 0 Å². The monoisotopic (exact) mass is 124 g/mol. The average Bonchev–Trinajstić information content (AvgIpc) is 1.88. The van der Waals surface area contributed by atoms with Crippen molar-refractivity contribution in [2.75, 3.05) is 0 Å². The largest absolute Gasteiger partial charge is 0.303 e. The molecule has 0 rings (SSSR count). The van der Waals surface area contributed by atoms with E-state index in [9.17, 15) is 4.79 Å². The van der Waals surface area contributed by atoms with Crippen molar-refractivity contribution in [1.82, 2.24) is 0 Å². The number of aldehydes is 1. The molecule has 0 saturated carbocycles. The van der Waals surface area contributed by atoms with Crippen LogP contribution < -0.4 is 0 Å². The molecule has 9 heavy (non-hydrogen) atoms. The number of carbonyl (C=O) groups is 1. The fourth-order valence-corrected chi connectivity index (χ4v) is 0.635. The highest BCUT2D eigenvalue weighted by molar-refractivity contribution is 5.54. The van der Waals surface area contributed by atoms with Crippen LogP contribution in [-0.2, 0) is 4.79 Å². The predicted molar refractivity (Wildman–Crippen MR) is 39.2 cm³/mol. The maximum absolute atomic E-state index is 10.2. The molecule has 0 atom stereocenters. The van der Waals surface area contributed by atoms with Crippen molar-refractivity contribution in [3.05, 3.63) is 25.3 Å². The molecule has 0 unspecified atom stereocenters. The van der Waals surface area contributed by atoms with Gasteiger partial charge in [0.2, 0.25) is 0 Å². The second kappa shape index (κ2) is 5.29. The molecule has 0 N–H and O–H groups in total. The summed E-state index contributed by atoms with van der Waals surface area (Å²) in [5.41, 5.74) is 0. The van der Waals surface area contributed by atoms with Gasteiger partial charge >= 0.3 is 0 Å². The molecule has 0 aliphatic carbocycles. The third kappa shape index (κ3) is 3.71. The van der Waals surface area contributed by atoms with E-state index >= 15 is 0 Å². The SMILES string of the molecule is C=CCC(C=O)CC=C. The van der Waals surface area contributed by atoms with Crippen LogP contribution in [-0.4, -0.2) is 6.29 Å². The van der Waals surface area contributed by atoms with E-state index in [2.05, 4.69) is 13.2 Å². The van der Waals surface area contributed by atoms with E-state index in [-0.39, 0.29) is 5.92 Å². The van der Waals surface area contributed by atoms with Crippen molar-refractivity contribution >= 4 is 6.29 Å². The Bertz CT molecular complexity index is 95.1. The van der Waals surface area contributed by atoms with Crippen LogP contribution in [0.1, 0.15) is 12.8 Å². The third-order valence-corrected chi connectivity index (χ3v) is 1.13. The lowest BCUT2D eigenvalue weighted by molar-refractivity contribution is -0.110. The van der Waals surface area contributed by atoms with E-state index in [0.717, 1.165) is 19.1 Å². The molecular formula is C8H12O. The molecule has 0 aliphatic rings. The van der Waals surface area contributed by atoms with Crippen molar-refractivity contribution in [3.63, 3.8) is 0 Å². The van der Waals surface area contributed by atoms with Crippen molar-refractivity contribution < 1.29 is 4.79 Å². The molecular weight excluding hydrogens is 112 g/mol. The zero-order valence-electron chi connectivity index (χ0n) is 5.55. The van der Waals surface area contributed by atoms with Gasteiger partial charge < -0.3 is 4.79 Å². The molecule has 0 heterocycles. The van der Waals surface area contributed by atoms with E-state index in [4.69, 9.17) is 0 Å². The van der Waals surface area contributed by atoms with Gasteiger partial charge in [0.15, 0.2) is 0 Å². The minimum atomic E-state index is 0.0972. The maximum atomic E-state index is 10.2. The van der Waals surface area contributed by atoms with Gasteiger partial charge in [-0.2, -0.15) is 0 Å². The van der Waals surface area contributed by atoms with Crippen molar-refractivity contribution in [2.24, 2.45) is 5.92 Å². The topological polar surface area (TPSA) is 17.1 Å². The number of carbonyl (C=O) groups excluding carboxylic acids is 1. The van der Waals surface area contributed by atoms with E-state index < -0.39 is 0 Å². The van der Waals surface area contributed by atoms with Crippen LogP contribution in [0.5, 0.6) is 0 Å². The van der Waals surface area contributed by atoms with Crippen LogP contribution >= 0.6 is 0 Å². The Morgan fingerprint density at radius 1 is 1.22 bits per heavy atom. The molecule has 0 spiro atoms. The van der Waals surface area contributed by atoms with Gasteiger partial charge in [-0.1, -0.05) is 12.2 Å². The summed E-state index contributed by atoms with van der Waals surface area (Å²) in [6, 6.07) is 0. The van der Waals surface area contributed by atoms with Crippen LogP contribution in [0.25, 0.3) is 0 Å². The van der Waals surface area contributed by atoms with Gasteiger partial charge in [-0.3, -0.25) is 0 Å². The van der Waals surface area contributed by atoms with Gasteiger partial charge in [0.25, 0.3) is 0 Å². The van der Waals surface area contributed by atoms with Crippen LogP contribution in [0.4, 0.5) is 0 Å². The predicted octanol–water partition coefficient (Wildman–Crippen LogP) is 1.95.